The number of nitrogens with zero attached hydrogens (tertiary/aromatic N) is 4. The molecule has 3 aromatic rings. The van der Waals surface area contributed by atoms with Crippen molar-refractivity contribution in [2.45, 2.75) is 25.9 Å². The van der Waals surface area contributed by atoms with Gasteiger partial charge in [-0.3, -0.25) is 0 Å². The van der Waals surface area contributed by atoms with Crippen molar-refractivity contribution in [1.82, 2.24) is 19.9 Å². The molecule has 134 valence electrons. The van der Waals surface area contributed by atoms with Gasteiger partial charge in [-0.1, -0.05) is 17.7 Å². The fourth-order valence-corrected chi connectivity index (χ4v) is 3.03. The molecule has 1 aromatic carbocycles. The van der Waals surface area contributed by atoms with Crippen LogP contribution in [0.3, 0.4) is 0 Å². The molecule has 1 fully saturated rings. The van der Waals surface area contributed by atoms with E-state index in [2.05, 4.69) is 30.6 Å². The molecule has 4 rings (SSSR count). The summed E-state index contributed by atoms with van der Waals surface area (Å²) in [5.41, 5.74) is 2.98. The molecule has 8 heteroatoms. The van der Waals surface area contributed by atoms with Gasteiger partial charge < -0.3 is 15.4 Å². The van der Waals surface area contributed by atoms with Crippen molar-refractivity contribution >= 4 is 40.2 Å². The van der Waals surface area contributed by atoms with Crippen LogP contribution in [0.2, 0.25) is 5.02 Å². The summed E-state index contributed by atoms with van der Waals surface area (Å²) in [5.74, 6) is 1.08. The van der Waals surface area contributed by atoms with Crippen LogP contribution >= 0.6 is 11.6 Å². The molecule has 0 amide bonds. The number of anilines is 3. The summed E-state index contributed by atoms with van der Waals surface area (Å²) in [4.78, 5) is 17.7. The SMILES string of the molecule is Cc1ccc(Nc2nc(NC[C@H]3CCCO3)nc3nccnc23)cc1Cl. The number of benzene rings is 1. The van der Waals surface area contributed by atoms with Gasteiger partial charge in [0.05, 0.1) is 6.10 Å². The number of aromatic nitrogens is 4. The Balaban J connectivity index is 1.63. The second kappa shape index (κ2) is 7.39. The van der Waals surface area contributed by atoms with E-state index in [1.165, 1.54) is 0 Å². The quantitative estimate of drug-likeness (QED) is 0.708. The normalized spacial score (nSPS) is 16.8. The third kappa shape index (κ3) is 3.68. The van der Waals surface area contributed by atoms with Gasteiger partial charge in [-0.25, -0.2) is 9.97 Å². The third-order valence-electron chi connectivity index (χ3n) is 4.28. The standard InChI is InChI=1S/C18H19ClN6O/c1-11-4-5-12(9-14(11)19)23-17-15-16(21-7-6-20-15)24-18(25-17)22-10-13-3-2-8-26-13/h4-7,9,13H,2-3,8,10H2,1H3,(H2,21,22,23,24,25)/t13-/m1/s1. The summed E-state index contributed by atoms with van der Waals surface area (Å²) in [6.07, 6.45) is 5.58. The minimum Gasteiger partial charge on any atom is -0.376 e. The van der Waals surface area contributed by atoms with Crippen molar-refractivity contribution in [2.24, 2.45) is 0 Å². The van der Waals surface area contributed by atoms with Crippen molar-refractivity contribution in [2.75, 3.05) is 23.8 Å². The van der Waals surface area contributed by atoms with Crippen LogP contribution in [0.25, 0.3) is 11.2 Å². The number of nitrogens with one attached hydrogen (secondary N) is 2. The van der Waals surface area contributed by atoms with Crippen molar-refractivity contribution in [3.8, 4) is 0 Å². The van der Waals surface area contributed by atoms with Gasteiger partial charge in [-0.05, 0) is 37.5 Å². The smallest absolute Gasteiger partial charge is 0.226 e. The molecule has 1 aliphatic rings. The lowest BCUT2D eigenvalue weighted by atomic mass is 10.2. The van der Waals surface area contributed by atoms with Gasteiger partial charge in [0.15, 0.2) is 17.0 Å². The molecule has 0 radical (unpaired) electrons. The van der Waals surface area contributed by atoms with E-state index in [-0.39, 0.29) is 6.10 Å². The molecule has 7 nitrogen and oxygen atoms in total. The zero-order valence-corrected chi connectivity index (χ0v) is 15.1. The number of hydrogen-bond acceptors (Lipinski definition) is 7. The van der Waals surface area contributed by atoms with E-state index < -0.39 is 0 Å². The Labute approximate surface area is 156 Å². The minimum atomic E-state index is 0.198. The molecule has 0 unspecified atom stereocenters. The summed E-state index contributed by atoms with van der Waals surface area (Å²) in [5, 5.41) is 7.21. The van der Waals surface area contributed by atoms with E-state index in [0.29, 0.717) is 34.5 Å². The van der Waals surface area contributed by atoms with Gasteiger partial charge in [0.25, 0.3) is 0 Å². The van der Waals surface area contributed by atoms with E-state index in [1.54, 1.807) is 12.4 Å². The molecule has 1 atom stereocenters. The van der Waals surface area contributed by atoms with Crippen LogP contribution < -0.4 is 10.6 Å². The predicted molar refractivity (Wildman–Crippen MR) is 102 cm³/mol. The van der Waals surface area contributed by atoms with Gasteiger partial charge >= 0.3 is 0 Å². The van der Waals surface area contributed by atoms with Crippen LogP contribution in [0.5, 0.6) is 0 Å². The average Bonchev–Trinajstić information content (AvgIpc) is 3.17. The third-order valence-corrected chi connectivity index (χ3v) is 4.69. The highest BCUT2D eigenvalue weighted by Crippen LogP contribution is 2.26. The molecular formula is C18H19ClN6O. The Bertz CT molecular complexity index is 929. The Morgan fingerprint density at radius 2 is 2.12 bits per heavy atom. The van der Waals surface area contributed by atoms with Crippen LogP contribution in [0.4, 0.5) is 17.5 Å². The lowest BCUT2D eigenvalue weighted by molar-refractivity contribution is 0.120. The summed E-state index contributed by atoms with van der Waals surface area (Å²) in [6.45, 7) is 3.45. The highest BCUT2D eigenvalue weighted by Gasteiger charge is 2.16. The number of halogens is 1. The molecule has 1 saturated heterocycles. The first-order valence-electron chi connectivity index (χ1n) is 8.56. The van der Waals surface area contributed by atoms with E-state index in [1.807, 2.05) is 25.1 Å². The lowest BCUT2D eigenvalue weighted by Crippen LogP contribution is -2.20. The lowest BCUT2D eigenvalue weighted by Gasteiger charge is -2.13. The topological polar surface area (TPSA) is 84.9 Å². The van der Waals surface area contributed by atoms with Crippen molar-refractivity contribution < 1.29 is 4.74 Å². The molecule has 0 bridgehead atoms. The monoisotopic (exact) mass is 370 g/mol. The van der Waals surface area contributed by atoms with Crippen LogP contribution in [0.1, 0.15) is 18.4 Å². The summed E-state index contributed by atoms with van der Waals surface area (Å²) in [6, 6.07) is 5.77. The fraction of sp³-hybridized carbons (Fsp3) is 0.333. The molecule has 2 aromatic heterocycles. The average molecular weight is 371 g/mol. The van der Waals surface area contributed by atoms with Crippen LogP contribution in [0, 0.1) is 6.92 Å². The molecule has 0 aliphatic carbocycles. The van der Waals surface area contributed by atoms with Crippen molar-refractivity contribution in [1.29, 1.82) is 0 Å². The number of ether oxygens (including phenoxy) is 1. The second-order valence-corrected chi connectivity index (χ2v) is 6.64. The van der Waals surface area contributed by atoms with Gasteiger partial charge in [0, 0.05) is 36.3 Å². The van der Waals surface area contributed by atoms with E-state index in [4.69, 9.17) is 16.3 Å². The largest absolute Gasteiger partial charge is 0.376 e. The molecule has 26 heavy (non-hydrogen) atoms. The Morgan fingerprint density at radius 3 is 2.92 bits per heavy atom. The Hall–Kier alpha value is -2.51. The number of aryl methyl sites for hydroxylation is 1. The first-order valence-corrected chi connectivity index (χ1v) is 8.94. The highest BCUT2D eigenvalue weighted by atomic mass is 35.5. The fourth-order valence-electron chi connectivity index (χ4n) is 2.85. The number of fused-ring (bicyclic) bond motifs is 1. The van der Waals surface area contributed by atoms with Crippen LogP contribution in [-0.4, -0.2) is 39.2 Å². The predicted octanol–water partition coefficient (Wildman–Crippen LogP) is 3.72. The van der Waals surface area contributed by atoms with Crippen LogP contribution in [-0.2, 0) is 4.74 Å². The molecule has 1 aliphatic heterocycles. The zero-order valence-electron chi connectivity index (χ0n) is 14.4. The first-order chi connectivity index (χ1) is 12.7. The van der Waals surface area contributed by atoms with Crippen LogP contribution in [0.15, 0.2) is 30.6 Å². The highest BCUT2D eigenvalue weighted by molar-refractivity contribution is 6.31. The molecule has 0 saturated carbocycles. The molecule has 3 heterocycles. The van der Waals surface area contributed by atoms with Gasteiger partial charge in [-0.2, -0.15) is 9.97 Å². The van der Waals surface area contributed by atoms with Crippen molar-refractivity contribution in [3.63, 3.8) is 0 Å². The van der Waals surface area contributed by atoms with Gasteiger partial charge in [0.2, 0.25) is 5.95 Å². The summed E-state index contributed by atoms with van der Waals surface area (Å²) >= 11 is 6.23. The van der Waals surface area contributed by atoms with E-state index in [0.717, 1.165) is 30.7 Å². The summed E-state index contributed by atoms with van der Waals surface area (Å²) in [7, 11) is 0. The number of hydrogen-bond donors (Lipinski definition) is 2. The maximum absolute atomic E-state index is 6.23. The van der Waals surface area contributed by atoms with Gasteiger partial charge in [0.1, 0.15) is 0 Å². The summed E-state index contributed by atoms with van der Waals surface area (Å²) < 4.78 is 5.64. The number of rotatable bonds is 5. The molecule has 2 N–H and O–H groups in total. The van der Waals surface area contributed by atoms with E-state index in [9.17, 15) is 0 Å². The maximum Gasteiger partial charge on any atom is 0.226 e. The van der Waals surface area contributed by atoms with Gasteiger partial charge in [-0.15, -0.1) is 0 Å². The van der Waals surface area contributed by atoms with Crippen molar-refractivity contribution in [3.05, 3.63) is 41.2 Å². The maximum atomic E-state index is 6.23. The first kappa shape index (κ1) is 16.9. The van der Waals surface area contributed by atoms with E-state index >= 15 is 0 Å². The Kier molecular flexibility index (Phi) is 4.81. The zero-order chi connectivity index (χ0) is 17.9. The second-order valence-electron chi connectivity index (χ2n) is 6.23. The Morgan fingerprint density at radius 1 is 1.23 bits per heavy atom. The molecular weight excluding hydrogens is 352 g/mol. The minimum absolute atomic E-state index is 0.198. The molecule has 0 spiro atoms.